The first-order chi connectivity index (χ1) is 6.81. The van der Waals surface area contributed by atoms with Crippen molar-refractivity contribution in [3.63, 3.8) is 0 Å². The van der Waals surface area contributed by atoms with Crippen LogP contribution in [-0.4, -0.2) is 6.61 Å². The number of hydrogen-bond acceptors (Lipinski definition) is 2. The summed E-state index contributed by atoms with van der Waals surface area (Å²) in [5.74, 6) is 1.01. The molecule has 2 N–H and O–H groups in total. The molecule has 1 aliphatic rings. The fourth-order valence-electron chi connectivity index (χ4n) is 1.75. The van der Waals surface area contributed by atoms with Gasteiger partial charge in [-0.3, -0.25) is 0 Å². The molecule has 0 unspecified atom stereocenters. The minimum atomic E-state index is 0. The first-order valence-corrected chi connectivity index (χ1v) is 4.93. The molecule has 82 valence electrons. The second kappa shape index (κ2) is 5.19. The highest BCUT2D eigenvalue weighted by atomic mass is 35.5. The van der Waals surface area contributed by atoms with Gasteiger partial charge in [-0.15, -0.1) is 19.0 Å². The highest BCUT2D eigenvalue weighted by Gasteiger charge is 2.13. The van der Waals surface area contributed by atoms with Crippen molar-refractivity contribution in [1.29, 1.82) is 0 Å². The molecule has 0 saturated heterocycles. The monoisotopic (exact) mass is 225 g/mol. The molecular weight excluding hydrogens is 210 g/mol. The number of halogens is 1. The molecule has 1 aromatic carbocycles. The van der Waals surface area contributed by atoms with E-state index in [1.165, 1.54) is 11.1 Å². The van der Waals surface area contributed by atoms with Crippen molar-refractivity contribution < 1.29 is 4.74 Å². The van der Waals surface area contributed by atoms with Crippen molar-refractivity contribution in [2.24, 2.45) is 5.73 Å². The summed E-state index contributed by atoms with van der Waals surface area (Å²) >= 11 is 0. The third kappa shape index (κ3) is 2.52. The van der Waals surface area contributed by atoms with Crippen LogP contribution in [0.25, 0.3) is 0 Å². The summed E-state index contributed by atoms with van der Waals surface area (Å²) in [4.78, 5) is 0. The summed E-state index contributed by atoms with van der Waals surface area (Å²) in [6.07, 6.45) is 3.68. The minimum absolute atomic E-state index is 0. The Morgan fingerprint density at radius 1 is 1.53 bits per heavy atom. The Balaban J connectivity index is 0.00000112. The summed E-state index contributed by atoms with van der Waals surface area (Å²) < 4.78 is 5.43. The van der Waals surface area contributed by atoms with Crippen LogP contribution in [0.2, 0.25) is 0 Å². The quantitative estimate of drug-likeness (QED) is 0.803. The third-order valence-electron chi connectivity index (χ3n) is 2.56. The molecular formula is C12H16ClNO. The SMILES string of the molecule is C=CC[C@H](N)c1ccc2c(c1)CCO2.Cl. The molecule has 0 spiro atoms. The third-order valence-corrected chi connectivity index (χ3v) is 2.56. The zero-order valence-corrected chi connectivity index (χ0v) is 9.43. The molecule has 1 aromatic rings. The number of benzene rings is 1. The Morgan fingerprint density at radius 2 is 2.33 bits per heavy atom. The molecule has 0 saturated carbocycles. The maximum Gasteiger partial charge on any atom is 0.122 e. The molecule has 2 rings (SSSR count). The molecule has 0 bridgehead atoms. The van der Waals surface area contributed by atoms with E-state index in [0.29, 0.717) is 0 Å². The molecule has 1 atom stereocenters. The van der Waals surface area contributed by atoms with Gasteiger partial charge >= 0.3 is 0 Å². The fourth-order valence-corrected chi connectivity index (χ4v) is 1.75. The van der Waals surface area contributed by atoms with Gasteiger partial charge in [-0.1, -0.05) is 18.2 Å². The van der Waals surface area contributed by atoms with Crippen LogP contribution < -0.4 is 10.5 Å². The van der Waals surface area contributed by atoms with Gasteiger partial charge < -0.3 is 10.5 Å². The Bertz CT molecular complexity index is 351. The van der Waals surface area contributed by atoms with Gasteiger partial charge in [-0.2, -0.15) is 0 Å². The Kier molecular flexibility index (Phi) is 4.18. The van der Waals surface area contributed by atoms with Crippen LogP contribution >= 0.6 is 12.4 Å². The summed E-state index contributed by atoms with van der Waals surface area (Å²) in [5, 5.41) is 0. The van der Waals surface area contributed by atoms with Crippen LogP contribution in [0.5, 0.6) is 5.75 Å². The van der Waals surface area contributed by atoms with Gasteiger partial charge in [0.1, 0.15) is 5.75 Å². The molecule has 1 heterocycles. The Morgan fingerprint density at radius 3 is 3.07 bits per heavy atom. The van der Waals surface area contributed by atoms with E-state index >= 15 is 0 Å². The van der Waals surface area contributed by atoms with Crippen molar-refractivity contribution >= 4 is 12.4 Å². The van der Waals surface area contributed by atoms with E-state index < -0.39 is 0 Å². The van der Waals surface area contributed by atoms with Crippen LogP contribution in [0.3, 0.4) is 0 Å². The topological polar surface area (TPSA) is 35.2 Å². The van der Waals surface area contributed by atoms with Gasteiger partial charge in [0.15, 0.2) is 0 Å². The van der Waals surface area contributed by atoms with Gasteiger partial charge in [0, 0.05) is 12.5 Å². The van der Waals surface area contributed by atoms with Crippen LogP contribution in [0.1, 0.15) is 23.6 Å². The average Bonchev–Trinajstić information content (AvgIpc) is 2.64. The lowest BCUT2D eigenvalue weighted by atomic mass is 10.0. The Labute approximate surface area is 96.5 Å². The fraction of sp³-hybridized carbons (Fsp3) is 0.333. The number of fused-ring (bicyclic) bond motifs is 1. The van der Waals surface area contributed by atoms with Crippen molar-refractivity contribution in [2.75, 3.05) is 6.61 Å². The molecule has 15 heavy (non-hydrogen) atoms. The zero-order chi connectivity index (χ0) is 9.97. The maximum atomic E-state index is 5.99. The lowest BCUT2D eigenvalue weighted by Crippen LogP contribution is -2.08. The molecule has 2 nitrogen and oxygen atoms in total. The molecule has 0 aliphatic carbocycles. The average molecular weight is 226 g/mol. The largest absolute Gasteiger partial charge is 0.493 e. The normalized spacial score (nSPS) is 14.7. The lowest BCUT2D eigenvalue weighted by molar-refractivity contribution is 0.357. The summed E-state index contributed by atoms with van der Waals surface area (Å²) in [6.45, 7) is 4.50. The summed E-state index contributed by atoms with van der Waals surface area (Å²) in [6, 6.07) is 6.27. The van der Waals surface area contributed by atoms with Gasteiger partial charge in [0.2, 0.25) is 0 Å². The minimum Gasteiger partial charge on any atom is -0.493 e. The molecule has 1 aliphatic heterocycles. The van der Waals surface area contributed by atoms with E-state index in [0.717, 1.165) is 25.2 Å². The Hall–Kier alpha value is -0.990. The van der Waals surface area contributed by atoms with E-state index in [1.807, 2.05) is 18.2 Å². The first kappa shape index (κ1) is 12.1. The van der Waals surface area contributed by atoms with Crippen LogP contribution in [0.15, 0.2) is 30.9 Å². The van der Waals surface area contributed by atoms with Crippen molar-refractivity contribution in [2.45, 2.75) is 18.9 Å². The smallest absolute Gasteiger partial charge is 0.122 e. The van der Waals surface area contributed by atoms with Gasteiger partial charge in [-0.05, 0) is 23.6 Å². The number of ether oxygens (including phenoxy) is 1. The van der Waals surface area contributed by atoms with Crippen molar-refractivity contribution in [3.05, 3.63) is 42.0 Å². The predicted octanol–water partition coefficient (Wildman–Crippen LogP) is 2.62. The highest BCUT2D eigenvalue weighted by molar-refractivity contribution is 5.85. The summed E-state index contributed by atoms with van der Waals surface area (Å²) in [7, 11) is 0. The molecule has 3 heteroatoms. The van der Waals surface area contributed by atoms with E-state index in [4.69, 9.17) is 10.5 Å². The van der Waals surface area contributed by atoms with Crippen LogP contribution in [0, 0.1) is 0 Å². The van der Waals surface area contributed by atoms with E-state index in [1.54, 1.807) is 0 Å². The second-order valence-electron chi connectivity index (χ2n) is 3.60. The van der Waals surface area contributed by atoms with E-state index in [2.05, 4.69) is 12.6 Å². The lowest BCUT2D eigenvalue weighted by Gasteiger charge is -2.10. The van der Waals surface area contributed by atoms with E-state index in [9.17, 15) is 0 Å². The molecule has 0 aromatic heterocycles. The van der Waals surface area contributed by atoms with Crippen molar-refractivity contribution in [3.8, 4) is 5.75 Å². The zero-order valence-electron chi connectivity index (χ0n) is 8.61. The second-order valence-corrected chi connectivity index (χ2v) is 3.60. The van der Waals surface area contributed by atoms with E-state index in [-0.39, 0.29) is 18.4 Å². The summed E-state index contributed by atoms with van der Waals surface area (Å²) in [5.41, 5.74) is 8.44. The maximum absolute atomic E-state index is 5.99. The van der Waals surface area contributed by atoms with Crippen molar-refractivity contribution in [1.82, 2.24) is 0 Å². The van der Waals surface area contributed by atoms with Gasteiger partial charge in [0.05, 0.1) is 6.61 Å². The van der Waals surface area contributed by atoms with Crippen LogP contribution in [0.4, 0.5) is 0 Å². The van der Waals surface area contributed by atoms with Gasteiger partial charge in [0.25, 0.3) is 0 Å². The van der Waals surface area contributed by atoms with Crippen LogP contribution in [-0.2, 0) is 6.42 Å². The number of hydrogen-bond donors (Lipinski definition) is 1. The standard InChI is InChI=1S/C12H15NO.ClH/c1-2-3-11(13)9-4-5-12-10(8-9)6-7-14-12;/h2,4-5,8,11H,1,3,6-7,13H2;1H/t11-;/m0./s1. The predicted molar refractivity (Wildman–Crippen MR) is 64.6 cm³/mol. The van der Waals surface area contributed by atoms with Gasteiger partial charge in [-0.25, -0.2) is 0 Å². The first-order valence-electron chi connectivity index (χ1n) is 4.93. The molecule has 0 radical (unpaired) electrons. The number of nitrogens with two attached hydrogens (primary N) is 1. The number of rotatable bonds is 3. The molecule has 0 fully saturated rings. The highest BCUT2D eigenvalue weighted by Crippen LogP contribution is 2.28. The molecule has 0 amide bonds.